The topological polar surface area (TPSA) is 97.8 Å². The van der Waals surface area contributed by atoms with Crippen molar-refractivity contribution < 1.29 is 0 Å². The number of aromatic nitrogens is 4. The van der Waals surface area contributed by atoms with Gasteiger partial charge in [-0.1, -0.05) is 50.1 Å². The van der Waals surface area contributed by atoms with Crippen molar-refractivity contribution in [1.29, 1.82) is 10.8 Å². The number of hydrogen-bond donors (Lipinski definition) is 2. The molecule has 158 valence electrons. The van der Waals surface area contributed by atoms with E-state index in [4.69, 9.17) is 15.8 Å². The fourth-order valence-corrected chi connectivity index (χ4v) is 4.90. The second-order valence-electron chi connectivity index (χ2n) is 8.07. The van der Waals surface area contributed by atoms with Crippen molar-refractivity contribution in [3.63, 3.8) is 0 Å². The molecule has 2 aliphatic rings. The van der Waals surface area contributed by atoms with Crippen LogP contribution in [0.15, 0.2) is 48.8 Å². The Balaban J connectivity index is 1.67. The summed E-state index contributed by atoms with van der Waals surface area (Å²) in [5.41, 5.74) is 2.20. The van der Waals surface area contributed by atoms with Gasteiger partial charge in [0.25, 0.3) is 5.95 Å². The van der Waals surface area contributed by atoms with Crippen LogP contribution in [0.3, 0.4) is 0 Å². The Labute approximate surface area is 181 Å². The van der Waals surface area contributed by atoms with Crippen LogP contribution in [0, 0.1) is 10.8 Å². The lowest BCUT2D eigenvalue weighted by Crippen LogP contribution is -2.63. The molecule has 0 bridgehead atoms. The fourth-order valence-electron chi connectivity index (χ4n) is 4.90. The van der Waals surface area contributed by atoms with Gasteiger partial charge in [0.15, 0.2) is 5.82 Å². The molecular weight excluding hydrogens is 388 g/mol. The van der Waals surface area contributed by atoms with Gasteiger partial charge in [-0.15, -0.1) is 0 Å². The highest BCUT2D eigenvalue weighted by Gasteiger charge is 2.48. The molecule has 3 aromatic rings. The molecule has 1 unspecified atom stereocenters. The third-order valence-electron chi connectivity index (χ3n) is 6.54. The van der Waals surface area contributed by atoms with Crippen molar-refractivity contribution in [3.8, 4) is 17.2 Å². The number of nitrogens with one attached hydrogen (secondary N) is 2. The maximum Gasteiger partial charge on any atom is 0.253 e. The van der Waals surface area contributed by atoms with Crippen LogP contribution in [0.4, 0.5) is 11.5 Å². The number of hydrogen-bond acceptors (Lipinski definition) is 6. The summed E-state index contributed by atoms with van der Waals surface area (Å²) in [6.45, 7) is 2.97. The van der Waals surface area contributed by atoms with Crippen LogP contribution in [-0.4, -0.2) is 44.0 Å². The SMILES string of the molecule is CCC12CCCCCN1c1nc(-n3nccc3-c3ccccc3)ncc1N(C=N)C2=N. The number of nitrogens with zero attached hydrogens (tertiary/aromatic N) is 6. The lowest BCUT2D eigenvalue weighted by atomic mass is 9.85. The fraction of sp³-hybridized carbons (Fsp3) is 0.348. The summed E-state index contributed by atoms with van der Waals surface area (Å²) in [5.74, 6) is 1.72. The van der Waals surface area contributed by atoms with Crippen LogP contribution < -0.4 is 9.80 Å². The van der Waals surface area contributed by atoms with E-state index >= 15 is 0 Å². The second-order valence-corrected chi connectivity index (χ2v) is 8.07. The highest BCUT2D eigenvalue weighted by atomic mass is 15.4. The molecule has 0 spiro atoms. The van der Waals surface area contributed by atoms with Gasteiger partial charge in [0.1, 0.15) is 11.5 Å². The highest BCUT2D eigenvalue weighted by molar-refractivity contribution is 6.18. The molecule has 4 heterocycles. The molecule has 2 aromatic heterocycles. The number of anilines is 2. The van der Waals surface area contributed by atoms with Gasteiger partial charge >= 0.3 is 0 Å². The van der Waals surface area contributed by atoms with E-state index < -0.39 is 5.54 Å². The summed E-state index contributed by atoms with van der Waals surface area (Å²) in [4.78, 5) is 13.5. The standard InChI is InChI=1S/C23H26N8/c1-2-23-12-7-4-8-14-30(23)20-19(29(16-24)21(23)25)15-26-22(28-20)31-18(11-13-27-31)17-9-5-3-6-10-17/h3,5-6,9-11,13,15-16,24-25H,2,4,7-8,12,14H2,1H3. The maximum absolute atomic E-state index is 8.95. The Hall–Kier alpha value is -3.55. The van der Waals surface area contributed by atoms with Gasteiger partial charge in [-0.3, -0.25) is 15.7 Å². The van der Waals surface area contributed by atoms with Crippen LogP contribution in [0.1, 0.15) is 39.0 Å². The van der Waals surface area contributed by atoms with E-state index in [0.29, 0.717) is 17.5 Å². The van der Waals surface area contributed by atoms with Crippen molar-refractivity contribution in [2.75, 3.05) is 16.3 Å². The minimum absolute atomic E-state index is 0.444. The van der Waals surface area contributed by atoms with Crippen LogP contribution in [0.25, 0.3) is 17.2 Å². The summed E-state index contributed by atoms with van der Waals surface area (Å²) in [7, 11) is 0. The summed E-state index contributed by atoms with van der Waals surface area (Å²) >= 11 is 0. The first kappa shape index (κ1) is 19.4. The smallest absolute Gasteiger partial charge is 0.253 e. The van der Waals surface area contributed by atoms with Crippen molar-refractivity contribution in [3.05, 3.63) is 48.8 Å². The Morgan fingerprint density at radius 3 is 2.74 bits per heavy atom. The lowest BCUT2D eigenvalue weighted by Gasteiger charge is -2.50. The van der Waals surface area contributed by atoms with Crippen molar-refractivity contribution in [1.82, 2.24) is 19.7 Å². The zero-order valence-corrected chi connectivity index (χ0v) is 17.6. The molecule has 2 aliphatic heterocycles. The number of amidine groups is 1. The minimum atomic E-state index is -0.445. The predicted octanol–water partition coefficient (Wildman–Crippen LogP) is 4.26. The average molecular weight is 415 g/mol. The summed E-state index contributed by atoms with van der Waals surface area (Å²) in [5, 5.41) is 21.4. The number of rotatable bonds is 4. The average Bonchev–Trinajstić information content (AvgIpc) is 3.20. The summed E-state index contributed by atoms with van der Waals surface area (Å²) in [6, 6.07) is 12.0. The van der Waals surface area contributed by atoms with Gasteiger partial charge in [-0.25, -0.2) is 4.98 Å². The third-order valence-corrected chi connectivity index (χ3v) is 6.54. The van der Waals surface area contributed by atoms with E-state index in [1.54, 1.807) is 22.0 Å². The first-order valence-electron chi connectivity index (χ1n) is 10.8. The number of fused-ring (bicyclic) bond motifs is 3. The van der Waals surface area contributed by atoms with E-state index in [-0.39, 0.29) is 0 Å². The van der Waals surface area contributed by atoms with Crippen molar-refractivity contribution >= 4 is 23.7 Å². The molecule has 1 saturated heterocycles. The van der Waals surface area contributed by atoms with E-state index in [9.17, 15) is 0 Å². The molecule has 1 aromatic carbocycles. The molecule has 0 saturated carbocycles. The van der Waals surface area contributed by atoms with Gasteiger partial charge in [0, 0.05) is 12.1 Å². The molecule has 1 atom stereocenters. The third kappa shape index (κ3) is 2.93. The van der Waals surface area contributed by atoms with Crippen LogP contribution >= 0.6 is 0 Å². The Morgan fingerprint density at radius 2 is 1.97 bits per heavy atom. The molecule has 0 radical (unpaired) electrons. The molecule has 1 fully saturated rings. The summed E-state index contributed by atoms with van der Waals surface area (Å²) < 4.78 is 1.76. The van der Waals surface area contributed by atoms with Crippen LogP contribution in [0.5, 0.6) is 0 Å². The van der Waals surface area contributed by atoms with E-state index in [2.05, 4.69) is 21.9 Å². The van der Waals surface area contributed by atoms with E-state index in [1.165, 1.54) is 6.34 Å². The van der Waals surface area contributed by atoms with Crippen LogP contribution in [-0.2, 0) is 0 Å². The van der Waals surface area contributed by atoms with Gasteiger partial charge in [-0.2, -0.15) is 14.8 Å². The van der Waals surface area contributed by atoms with Gasteiger partial charge in [-0.05, 0) is 25.3 Å². The zero-order chi connectivity index (χ0) is 21.4. The van der Waals surface area contributed by atoms with Gasteiger partial charge < -0.3 is 4.90 Å². The first-order valence-corrected chi connectivity index (χ1v) is 10.8. The van der Waals surface area contributed by atoms with E-state index in [0.717, 1.165) is 55.7 Å². The largest absolute Gasteiger partial charge is 0.342 e. The Bertz CT molecular complexity index is 1120. The molecule has 2 N–H and O–H groups in total. The lowest BCUT2D eigenvalue weighted by molar-refractivity contribution is 0.455. The van der Waals surface area contributed by atoms with Crippen molar-refractivity contribution in [2.45, 2.75) is 44.6 Å². The van der Waals surface area contributed by atoms with Crippen molar-refractivity contribution in [2.24, 2.45) is 0 Å². The maximum atomic E-state index is 8.95. The summed E-state index contributed by atoms with van der Waals surface area (Å²) in [6.07, 6.45) is 9.66. The highest BCUT2D eigenvalue weighted by Crippen LogP contribution is 2.44. The normalized spacial score (nSPS) is 20.7. The predicted molar refractivity (Wildman–Crippen MR) is 122 cm³/mol. The molecular formula is C23H26N8. The minimum Gasteiger partial charge on any atom is -0.342 e. The molecule has 0 amide bonds. The Kier molecular flexibility index (Phi) is 4.77. The molecule has 0 aliphatic carbocycles. The van der Waals surface area contributed by atoms with Gasteiger partial charge in [0.2, 0.25) is 0 Å². The number of benzene rings is 1. The molecule has 31 heavy (non-hydrogen) atoms. The van der Waals surface area contributed by atoms with Gasteiger partial charge in [0.05, 0.1) is 30.0 Å². The Morgan fingerprint density at radius 1 is 1.13 bits per heavy atom. The quantitative estimate of drug-likeness (QED) is 0.491. The monoisotopic (exact) mass is 414 g/mol. The first-order chi connectivity index (χ1) is 15.2. The molecule has 5 rings (SSSR count). The molecule has 8 heteroatoms. The zero-order valence-electron chi connectivity index (χ0n) is 17.6. The second kappa shape index (κ2) is 7.61. The van der Waals surface area contributed by atoms with Crippen LogP contribution in [0.2, 0.25) is 0 Å². The van der Waals surface area contributed by atoms with E-state index in [1.807, 2.05) is 36.4 Å². The molecule has 8 nitrogen and oxygen atoms in total.